The number of carbonyl (C=O) groups excluding carboxylic acids is 1. The molecule has 1 aromatic heterocycles. The highest BCUT2D eigenvalue weighted by Crippen LogP contribution is 2.17. The minimum absolute atomic E-state index is 0.110. The number of aliphatic hydroxyl groups is 1. The van der Waals surface area contributed by atoms with Gasteiger partial charge in [0, 0.05) is 31.9 Å². The average Bonchev–Trinajstić information content (AvgIpc) is 3.02. The lowest BCUT2D eigenvalue weighted by atomic mass is 9.98. The fraction of sp³-hybridized carbons (Fsp3) is 0.625. The van der Waals surface area contributed by atoms with Gasteiger partial charge in [-0.15, -0.1) is 0 Å². The Labute approximate surface area is 131 Å². The van der Waals surface area contributed by atoms with Crippen molar-refractivity contribution >= 4 is 11.8 Å². The van der Waals surface area contributed by atoms with Crippen molar-refractivity contribution in [2.75, 3.05) is 24.5 Å². The number of hydrogen-bond acceptors (Lipinski definition) is 4. The van der Waals surface area contributed by atoms with Crippen LogP contribution >= 0.6 is 0 Å². The number of urea groups is 1. The predicted octanol–water partition coefficient (Wildman–Crippen LogP) is 1.51. The van der Waals surface area contributed by atoms with Crippen molar-refractivity contribution in [3.8, 4) is 0 Å². The van der Waals surface area contributed by atoms with E-state index in [1.165, 1.54) is 0 Å². The smallest absolute Gasteiger partial charge is 0.315 e. The summed E-state index contributed by atoms with van der Waals surface area (Å²) in [5.41, 5.74) is -0.812. The number of amides is 2. The monoisotopic (exact) mass is 306 g/mol. The fourth-order valence-corrected chi connectivity index (χ4v) is 2.61. The van der Waals surface area contributed by atoms with Crippen LogP contribution in [0.2, 0.25) is 0 Å². The summed E-state index contributed by atoms with van der Waals surface area (Å²) in [6, 6.07) is 5.73. The number of rotatable bonds is 6. The van der Waals surface area contributed by atoms with E-state index in [9.17, 15) is 9.90 Å². The van der Waals surface area contributed by atoms with Crippen LogP contribution in [0.4, 0.5) is 10.6 Å². The molecular formula is C16H26N4O2. The first-order valence-corrected chi connectivity index (χ1v) is 7.99. The second-order valence-corrected chi connectivity index (χ2v) is 5.88. The molecule has 1 atom stereocenters. The molecule has 22 heavy (non-hydrogen) atoms. The predicted molar refractivity (Wildman–Crippen MR) is 86.9 cm³/mol. The van der Waals surface area contributed by atoms with Gasteiger partial charge >= 0.3 is 6.03 Å². The molecule has 1 aliphatic heterocycles. The second-order valence-electron chi connectivity index (χ2n) is 5.88. The van der Waals surface area contributed by atoms with Crippen molar-refractivity contribution in [3.05, 3.63) is 24.4 Å². The van der Waals surface area contributed by atoms with Crippen molar-refractivity contribution in [2.45, 2.75) is 44.8 Å². The Morgan fingerprint density at radius 3 is 2.86 bits per heavy atom. The number of anilines is 1. The molecule has 6 nitrogen and oxygen atoms in total. The van der Waals surface area contributed by atoms with E-state index in [0.29, 0.717) is 12.8 Å². The third-order valence-electron chi connectivity index (χ3n) is 4.39. The van der Waals surface area contributed by atoms with Crippen LogP contribution in [0.15, 0.2) is 24.4 Å². The average molecular weight is 306 g/mol. The summed E-state index contributed by atoms with van der Waals surface area (Å²) < 4.78 is 0. The van der Waals surface area contributed by atoms with E-state index < -0.39 is 5.60 Å². The summed E-state index contributed by atoms with van der Waals surface area (Å²) in [6.07, 6.45) is 3.93. The van der Waals surface area contributed by atoms with Gasteiger partial charge in [-0.2, -0.15) is 0 Å². The van der Waals surface area contributed by atoms with Crippen LogP contribution in [0, 0.1) is 0 Å². The van der Waals surface area contributed by atoms with Gasteiger partial charge in [-0.3, -0.25) is 0 Å². The summed E-state index contributed by atoms with van der Waals surface area (Å²) >= 11 is 0. The second kappa shape index (κ2) is 7.45. The van der Waals surface area contributed by atoms with Gasteiger partial charge in [0.1, 0.15) is 5.82 Å². The first-order chi connectivity index (χ1) is 10.6. The Morgan fingerprint density at radius 1 is 1.45 bits per heavy atom. The van der Waals surface area contributed by atoms with E-state index in [2.05, 4.69) is 20.5 Å². The Kier molecular flexibility index (Phi) is 5.60. The Bertz CT molecular complexity index is 476. The molecule has 2 amide bonds. The third kappa shape index (κ3) is 4.34. The number of nitrogens with one attached hydrogen (secondary N) is 2. The van der Waals surface area contributed by atoms with Crippen molar-refractivity contribution in [3.63, 3.8) is 0 Å². The van der Waals surface area contributed by atoms with Crippen LogP contribution in [0.1, 0.15) is 33.1 Å². The number of hydrogen-bond donors (Lipinski definition) is 3. The van der Waals surface area contributed by atoms with Crippen LogP contribution < -0.4 is 15.5 Å². The third-order valence-corrected chi connectivity index (χ3v) is 4.39. The van der Waals surface area contributed by atoms with Crippen LogP contribution in [0.25, 0.3) is 0 Å². The molecule has 2 heterocycles. The van der Waals surface area contributed by atoms with E-state index in [1.54, 1.807) is 6.20 Å². The first kappa shape index (κ1) is 16.5. The zero-order valence-corrected chi connectivity index (χ0v) is 13.4. The normalized spacial score (nSPS) is 18.3. The van der Waals surface area contributed by atoms with E-state index in [-0.39, 0.29) is 18.6 Å². The van der Waals surface area contributed by atoms with Gasteiger partial charge in [0.05, 0.1) is 5.60 Å². The van der Waals surface area contributed by atoms with Gasteiger partial charge in [0.2, 0.25) is 0 Å². The van der Waals surface area contributed by atoms with E-state index >= 15 is 0 Å². The van der Waals surface area contributed by atoms with E-state index in [4.69, 9.17) is 0 Å². The first-order valence-electron chi connectivity index (χ1n) is 7.99. The number of pyridine rings is 1. The molecule has 1 aromatic rings. The SMILES string of the molecule is CCC(O)(CC)CNC(=O)NC1CCN(c2ccccn2)C1. The maximum Gasteiger partial charge on any atom is 0.315 e. The molecule has 0 spiro atoms. The van der Waals surface area contributed by atoms with Crippen LogP contribution in [-0.4, -0.2) is 47.4 Å². The minimum atomic E-state index is -0.812. The molecule has 3 N–H and O–H groups in total. The lowest BCUT2D eigenvalue weighted by Crippen LogP contribution is -2.49. The van der Waals surface area contributed by atoms with Gasteiger partial charge < -0.3 is 20.6 Å². The summed E-state index contributed by atoms with van der Waals surface area (Å²) in [4.78, 5) is 18.4. The van der Waals surface area contributed by atoms with Gasteiger partial charge in [0.25, 0.3) is 0 Å². The van der Waals surface area contributed by atoms with Crippen molar-refractivity contribution < 1.29 is 9.90 Å². The number of nitrogens with zero attached hydrogens (tertiary/aromatic N) is 2. The molecule has 0 aromatic carbocycles. The molecule has 1 unspecified atom stereocenters. The molecule has 0 radical (unpaired) electrons. The molecule has 0 saturated carbocycles. The maximum absolute atomic E-state index is 12.0. The van der Waals surface area contributed by atoms with Gasteiger partial charge in [0.15, 0.2) is 0 Å². The van der Waals surface area contributed by atoms with Crippen LogP contribution in [0.5, 0.6) is 0 Å². The van der Waals surface area contributed by atoms with Crippen molar-refractivity contribution in [2.24, 2.45) is 0 Å². The van der Waals surface area contributed by atoms with E-state index in [1.807, 2.05) is 32.0 Å². The molecule has 1 saturated heterocycles. The molecule has 0 bridgehead atoms. The Hall–Kier alpha value is -1.82. The summed E-state index contributed by atoms with van der Waals surface area (Å²) in [7, 11) is 0. The van der Waals surface area contributed by atoms with Crippen molar-refractivity contribution in [1.29, 1.82) is 0 Å². The highest BCUT2D eigenvalue weighted by molar-refractivity contribution is 5.74. The molecule has 122 valence electrons. The fourth-order valence-electron chi connectivity index (χ4n) is 2.61. The zero-order valence-electron chi connectivity index (χ0n) is 13.4. The number of carbonyl (C=O) groups is 1. The summed E-state index contributed by atoms with van der Waals surface area (Å²) in [5, 5.41) is 15.9. The zero-order chi connectivity index (χ0) is 16.0. The van der Waals surface area contributed by atoms with Gasteiger partial charge in [-0.05, 0) is 31.4 Å². The van der Waals surface area contributed by atoms with E-state index in [0.717, 1.165) is 25.3 Å². The van der Waals surface area contributed by atoms with Crippen LogP contribution in [0.3, 0.4) is 0 Å². The Balaban J connectivity index is 1.77. The number of aromatic nitrogens is 1. The molecule has 2 rings (SSSR count). The molecule has 6 heteroatoms. The van der Waals surface area contributed by atoms with Gasteiger partial charge in [-0.1, -0.05) is 19.9 Å². The largest absolute Gasteiger partial charge is 0.388 e. The lowest BCUT2D eigenvalue weighted by Gasteiger charge is -2.26. The molecule has 0 aliphatic carbocycles. The quantitative estimate of drug-likeness (QED) is 0.744. The Morgan fingerprint density at radius 2 is 2.23 bits per heavy atom. The lowest BCUT2D eigenvalue weighted by molar-refractivity contribution is 0.0349. The molecule has 1 fully saturated rings. The maximum atomic E-state index is 12.0. The molecule has 1 aliphatic rings. The minimum Gasteiger partial charge on any atom is -0.388 e. The standard InChI is InChI=1S/C16H26N4O2/c1-3-16(22,4-2)12-18-15(21)19-13-8-10-20(11-13)14-7-5-6-9-17-14/h5-7,9,13,22H,3-4,8,10-12H2,1-2H3,(H2,18,19,21). The highest BCUT2D eigenvalue weighted by atomic mass is 16.3. The van der Waals surface area contributed by atoms with Crippen LogP contribution in [-0.2, 0) is 0 Å². The topological polar surface area (TPSA) is 77.5 Å². The van der Waals surface area contributed by atoms with Gasteiger partial charge in [-0.25, -0.2) is 9.78 Å². The molecular weight excluding hydrogens is 280 g/mol. The summed E-state index contributed by atoms with van der Waals surface area (Å²) in [5.74, 6) is 0.943. The van der Waals surface area contributed by atoms with Crippen molar-refractivity contribution in [1.82, 2.24) is 15.6 Å². The highest BCUT2D eigenvalue weighted by Gasteiger charge is 2.26. The summed E-state index contributed by atoms with van der Waals surface area (Å²) in [6.45, 7) is 5.77.